The summed E-state index contributed by atoms with van der Waals surface area (Å²) in [5.41, 5.74) is 0.948. The Balaban J connectivity index is 2.13. The van der Waals surface area contributed by atoms with Gasteiger partial charge in [-0.1, -0.05) is 12.1 Å². The van der Waals surface area contributed by atoms with Crippen LogP contribution in [0.2, 0.25) is 0 Å². The molecule has 28 heavy (non-hydrogen) atoms. The molecule has 2 aromatic carbocycles. The molecule has 0 atom stereocenters. The van der Waals surface area contributed by atoms with Crippen molar-refractivity contribution in [1.82, 2.24) is 9.97 Å². The summed E-state index contributed by atoms with van der Waals surface area (Å²) in [7, 11) is 4.49. The molecule has 3 aromatic rings. The number of nitrogens with zero attached hydrogens (tertiary/aromatic N) is 2. The summed E-state index contributed by atoms with van der Waals surface area (Å²) in [6.45, 7) is 3.80. The van der Waals surface area contributed by atoms with Gasteiger partial charge in [-0.15, -0.1) is 0 Å². The number of aromatic nitrogens is 2. The lowest BCUT2D eigenvalue weighted by molar-refractivity contribution is 0.102. The monoisotopic (exact) mass is 382 g/mol. The molecule has 0 saturated carbocycles. The fourth-order valence-electron chi connectivity index (χ4n) is 2.80. The van der Waals surface area contributed by atoms with E-state index in [1.807, 2.05) is 38.1 Å². The Morgan fingerprint density at radius 3 is 2.14 bits per heavy atom. The van der Waals surface area contributed by atoms with Crippen LogP contribution in [-0.4, -0.2) is 43.2 Å². The van der Waals surface area contributed by atoms with Gasteiger partial charge in [-0.2, -0.15) is 4.98 Å². The van der Waals surface area contributed by atoms with Crippen LogP contribution in [0.15, 0.2) is 36.4 Å². The highest BCUT2D eigenvalue weighted by atomic mass is 16.5. The van der Waals surface area contributed by atoms with Crippen molar-refractivity contribution < 1.29 is 23.7 Å². The van der Waals surface area contributed by atoms with Crippen LogP contribution in [0.3, 0.4) is 0 Å². The lowest BCUT2D eigenvalue weighted by Crippen LogP contribution is -2.13. The summed E-state index contributed by atoms with van der Waals surface area (Å²) in [5.74, 6) is 1.19. The highest BCUT2D eigenvalue weighted by Gasteiger charge is 2.21. The van der Waals surface area contributed by atoms with Crippen molar-refractivity contribution in [2.45, 2.75) is 20.0 Å². The number of para-hydroxylation sites is 1. The minimum absolute atomic E-state index is 0.0311. The van der Waals surface area contributed by atoms with E-state index in [2.05, 4.69) is 9.97 Å². The van der Waals surface area contributed by atoms with Gasteiger partial charge in [0.2, 0.25) is 23.2 Å². The summed E-state index contributed by atoms with van der Waals surface area (Å²) in [6, 6.07) is 10.6. The largest absolute Gasteiger partial charge is 0.493 e. The first-order chi connectivity index (χ1) is 13.5. The Morgan fingerprint density at radius 2 is 1.57 bits per heavy atom. The van der Waals surface area contributed by atoms with Crippen molar-refractivity contribution in [1.29, 1.82) is 0 Å². The van der Waals surface area contributed by atoms with Crippen molar-refractivity contribution in [3.63, 3.8) is 0 Å². The van der Waals surface area contributed by atoms with Crippen LogP contribution in [0.1, 0.15) is 30.0 Å². The zero-order chi connectivity index (χ0) is 20.3. The van der Waals surface area contributed by atoms with E-state index >= 15 is 0 Å². The van der Waals surface area contributed by atoms with E-state index in [4.69, 9.17) is 18.9 Å². The molecule has 0 amide bonds. The number of fused-ring (bicyclic) bond motifs is 1. The van der Waals surface area contributed by atoms with Crippen LogP contribution in [-0.2, 0) is 0 Å². The second-order valence-corrected chi connectivity index (χ2v) is 6.28. The highest BCUT2D eigenvalue weighted by molar-refractivity contribution is 6.08. The average molecular weight is 382 g/mol. The molecule has 0 fully saturated rings. The van der Waals surface area contributed by atoms with Crippen LogP contribution in [0.4, 0.5) is 0 Å². The molecule has 146 valence electrons. The molecule has 0 N–H and O–H groups in total. The van der Waals surface area contributed by atoms with E-state index in [9.17, 15) is 4.79 Å². The lowest BCUT2D eigenvalue weighted by Gasteiger charge is -2.14. The third-order valence-electron chi connectivity index (χ3n) is 4.05. The van der Waals surface area contributed by atoms with Gasteiger partial charge in [0.1, 0.15) is 0 Å². The van der Waals surface area contributed by atoms with Gasteiger partial charge in [0.05, 0.1) is 38.3 Å². The van der Waals surface area contributed by atoms with Crippen LogP contribution in [0.25, 0.3) is 10.9 Å². The van der Waals surface area contributed by atoms with Crippen molar-refractivity contribution in [2.24, 2.45) is 0 Å². The van der Waals surface area contributed by atoms with E-state index in [0.717, 1.165) is 5.39 Å². The van der Waals surface area contributed by atoms with Gasteiger partial charge < -0.3 is 18.9 Å². The number of methoxy groups -OCH3 is 3. The smallest absolute Gasteiger partial charge is 0.230 e. The molecule has 1 heterocycles. The zero-order valence-electron chi connectivity index (χ0n) is 16.5. The number of carbonyl (C=O) groups excluding carboxylic acids is 1. The van der Waals surface area contributed by atoms with Gasteiger partial charge in [0.15, 0.2) is 11.5 Å². The molecular weight excluding hydrogens is 360 g/mol. The molecular formula is C21H22N2O5. The first-order valence-electron chi connectivity index (χ1n) is 8.76. The van der Waals surface area contributed by atoms with E-state index < -0.39 is 0 Å². The highest BCUT2D eigenvalue weighted by Crippen LogP contribution is 2.38. The number of hydrogen-bond donors (Lipinski definition) is 0. The normalized spacial score (nSPS) is 10.8. The summed E-state index contributed by atoms with van der Waals surface area (Å²) >= 11 is 0. The maximum Gasteiger partial charge on any atom is 0.230 e. The van der Waals surface area contributed by atoms with Crippen LogP contribution in [0.5, 0.6) is 23.1 Å². The van der Waals surface area contributed by atoms with Crippen molar-refractivity contribution in [3.05, 3.63) is 47.8 Å². The second kappa shape index (κ2) is 8.12. The molecule has 0 aliphatic carbocycles. The van der Waals surface area contributed by atoms with E-state index in [-0.39, 0.29) is 17.7 Å². The molecule has 3 rings (SSSR count). The minimum Gasteiger partial charge on any atom is -0.493 e. The topological polar surface area (TPSA) is 79.8 Å². The Morgan fingerprint density at radius 1 is 0.929 bits per heavy atom. The fourth-order valence-corrected chi connectivity index (χ4v) is 2.80. The van der Waals surface area contributed by atoms with Gasteiger partial charge >= 0.3 is 0 Å². The standard InChI is InChI=1S/C21H22N2O5/c1-12(2)28-21-14-8-6-7-9-15(14)22-20(23-21)18(24)13-10-16(25-3)19(27-5)17(11-13)26-4/h6-12H,1-5H3. The molecule has 0 bridgehead atoms. The molecule has 7 nitrogen and oxygen atoms in total. The van der Waals surface area contributed by atoms with Crippen molar-refractivity contribution in [3.8, 4) is 23.1 Å². The summed E-state index contributed by atoms with van der Waals surface area (Å²) < 4.78 is 21.8. The SMILES string of the molecule is COc1cc(C(=O)c2nc(OC(C)C)c3ccccc3n2)cc(OC)c1OC. The van der Waals surface area contributed by atoms with Gasteiger partial charge in [-0.25, -0.2) is 4.98 Å². The first kappa shape index (κ1) is 19.4. The number of carbonyl (C=O) groups is 1. The van der Waals surface area contributed by atoms with E-state index in [0.29, 0.717) is 34.2 Å². The van der Waals surface area contributed by atoms with Gasteiger partial charge in [-0.05, 0) is 38.1 Å². The summed E-state index contributed by atoms with van der Waals surface area (Å²) in [4.78, 5) is 21.9. The zero-order valence-corrected chi connectivity index (χ0v) is 16.5. The number of ketones is 1. The van der Waals surface area contributed by atoms with Crippen LogP contribution < -0.4 is 18.9 Å². The molecule has 0 aliphatic rings. The number of ether oxygens (including phenoxy) is 4. The molecule has 1 aromatic heterocycles. The van der Waals surface area contributed by atoms with E-state index in [1.54, 1.807) is 12.1 Å². The molecule has 0 radical (unpaired) electrons. The quantitative estimate of drug-likeness (QED) is 0.577. The van der Waals surface area contributed by atoms with Gasteiger partial charge in [-0.3, -0.25) is 4.79 Å². The molecule has 0 unspecified atom stereocenters. The first-order valence-corrected chi connectivity index (χ1v) is 8.76. The second-order valence-electron chi connectivity index (χ2n) is 6.28. The predicted molar refractivity (Wildman–Crippen MR) is 105 cm³/mol. The summed E-state index contributed by atoms with van der Waals surface area (Å²) in [5, 5.41) is 0.748. The molecule has 0 saturated heterocycles. The maximum atomic E-state index is 13.1. The van der Waals surface area contributed by atoms with Crippen molar-refractivity contribution in [2.75, 3.05) is 21.3 Å². The summed E-state index contributed by atoms with van der Waals surface area (Å²) in [6.07, 6.45) is -0.0950. The molecule has 7 heteroatoms. The number of benzene rings is 2. The fraction of sp³-hybridized carbons (Fsp3) is 0.286. The van der Waals surface area contributed by atoms with Crippen LogP contribution >= 0.6 is 0 Å². The average Bonchev–Trinajstić information content (AvgIpc) is 2.71. The number of hydrogen-bond acceptors (Lipinski definition) is 7. The van der Waals surface area contributed by atoms with Gasteiger partial charge in [0.25, 0.3) is 0 Å². The lowest BCUT2D eigenvalue weighted by atomic mass is 10.1. The predicted octanol–water partition coefficient (Wildman–Crippen LogP) is 3.67. The van der Waals surface area contributed by atoms with Crippen LogP contribution in [0, 0.1) is 0 Å². The Labute approximate surface area is 163 Å². The van der Waals surface area contributed by atoms with Gasteiger partial charge in [0, 0.05) is 5.56 Å². The Bertz CT molecular complexity index is 992. The van der Waals surface area contributed by atoms with Crippen molar-refractivity contribution >= 4 is 16.7 Å². The third-order valence-corrected chi connectivity index (χ3v) is 4.05. The molecule has 0 aliphatic heterocycles. The Kier molecular flexibility index (Phi) is 5.63. The minimum atomic E-state index is -0.376. The number of rotatable bonds is 7. The van der Waals surface area contributed by atoms with E-state index in [1.165, 1.54) is 21.3 Å². The third kappa shape index (κ3) is 3.69. The Hall–Kier alpha value is -3.35. The molecule has 0 spiro atoms. The maximum absolute atomic E-state index is 13.1.